The highest BCUT2D eigenvalue weighted by Crippen LogP contribution is 2.34. The Morgan fingerprint density at radius 3 is 1.83 bits per heavy atom. The maximum absolute atomic E-state index is 12.4. The Bertz CT molecular complexity index is 699. The Labute approximate surface area is 132 Å². The molecule has 11 heteroatoms. The van der Waals surface area contributed by atoms with Gasteiger partial charge in [-0.3, -0.25) is 19.7 Å². The molecule has 0 spiro atoms. The van der Waals surface area contributed by atoms with Crippen LogP contribution in [0.1, 0.15) is 16.8 Å². The highest BCUT2D eigenvalue weighted by atomic mass is 16.6. The Morgan fingerprint density at radius 1 is 1.00 bits per heavy atom. The molecule has 128 valence electrons. The first kappa shape index (κ1) is 18.7. The molecule has 4 N–H and O–H groups in total. The van der Waals surface area contributed by atoms with E-state index in [2.05, 4.69) is 0 Å². The third-order valence-corrected chi connectivity index (χ3v) is 3.31. The average Bonchev–Trinajstić information content (AvgIpc) is 2.46. The summed E-state index contributed by atoms with van der Waals surface area (Å²) in [6, 6.07) is 5.76. The Morgan fingerprint density at radius 2 is 1.50 bits per heavy atom. The first-order valence-electron chi connectivity index (χ1n) is 6.17. The summed E-state index contributed by atoms with van der Waals surface area (Å²) < 4.78 is 0. The summed E-state index contributed by atoms with van der Waals surface area (Å²) in [5.41, 5.74) is -8.76. The maximum Gasteiger partial charge on any atom is 0.416 e. The van der Waals surface area contributed by atoms with Gasteiger partial charge in [-0.2, -0.15) is 0 Å². The van der Waals surface area contributed by atoms with Crippen molar-refractivity contribution in [3.8, 4) is 0 Å². The number of rotatable bonds is 8. The van der Waals surface area contributed by atoms with E-state index in [4.69, 9.17) is 10.2 Å². The number of hydrogen-bond donors (Lipinski definition) is 4. The van der Waals surface area contributed by atoms with Crippen LogP contribution in [0.3, 0.4) is 0 Å². The molecule has 2 unspecified atom stereocenters. The van der Waals surface area contributed by atoms with E-state index in [1.54, 1.807) is 0 Å². The molecule has 0 aromatic heterocycles. The maximum atomic E-state index is 12.4. The molecule has 1 aromatic carbocycles. The quantitative estimate of drug-likeness (QED) is 0.202. The van der Waals surface area contributed by atoms with E-state index in [1.807, 2.05) is 0 Å². The van der Waals surface area contributed by atoms with Crippen LogP contribution in [-0.2, 0) is 14.4 Å². The van der Waals surface area contributed by atoms with Crippen molar-refractivity contribution in [2.24, 2.45) is 0 Å². The van der Waals surface area contributed by atoms with Gasteiger partial charge in [-0.25, -0.2) is 9.59 Å². The van der Waals surface area contributed by atoms with Gasteiger partial charge in [-0.05, 0) is 0 Å². The summed E-state index contributed by atoms with van der Waals surface area (Å²) in [5.74, 6) is -9.05. The number of nitro groups is 1. The molecule has 0 aliphatic carbocycles. The Balaban J connectivity index is 3.81. The van der Waals surface area contributed by atoms with Crippen molar-refractivity contribution in [3.05, 3.63) is 46.0 Å². The van der Waals surface area contributed by atoms with Crippen molar-refractivity contribution in [1.29, 1.82) is 0 Å². The normalized spacial score (nSPS) is 15.5. The van der Waals surface area contributed by atoms with Gasteiger partial charge >= 0.3 is 23.4 Å². The topological polar surface area (TPSA) is 192 Å². The van der Waals surface area contributed by atoms with Crippen LogP contribution in [0.4, 0.5) is 0 Å². The van der Waals surface area contributed by atoms with Crippen LogP contribution in [-0.4, -0.2) is 60.2 Å². The fraction of sp³-hybridized carbons (Fsp3) is 0.231. The highest BCUT2D eigenvalue weighted by molar-refractivity contribution is 6.19. The number of aliphatic carboxylic acids is 3. The van der Waals surface area contributed by atoms with Crippen LogP contribution in [0.25, 0.3) is 0 Å². The summed E-state index contributed by atoms with van der Waals surface area (Å²) in [4.78, 5) is 55.7. The summed E-state index contributed by atoms with van der Waals surface area (Å²) >= 11 is 0. The number of Topliss-reactive ketones (excluding diaryl/α,β-unsaturated/α-hetero) is 1. The number of carboxylic acid groups (broad SMARTS) is 3. The molecular weight excluding hydrogens is 330 g/mol. The van der Waals surface area contributed by atoms with Gasteiger partial charge in [-0.15, -0.1) is 0 Å². The van der Waals surface area contributed by atoms with Crippen molar-refractivity contribution >= 4 is 23.7 Å². The molecule has 24 heavy (non-hydrogen) atoms. The zero-order valence-electron chi connectivity index (χ0n) is 11.8. The van der Waals surface area contributed by atoms with Crippen molar-refractivity contribution < 1.29 is 44.5 Å². The average molecular weight is 341 g/mol. The second kappa shape index (κ2) is 6.42. The minimum atomic E-state index is -4.15. The van der Waals surface area contributed by atoms with Crippen molar-refractivity contribution in [2.45, 2.75) is 17.6 Å². The number of nitrogens with zero attached hydrogens (tertiary/aromatic N) is 1. The number of aliphatic hydroxyl groups is 1. The van der Waals surface area contributed by atoms with E-state index in [1.165, 1.54) is 18.2 Å². The SMILES string of the molecule is O=C(O)CC(O)(C(=O)O)C(C(=O)O)(C(=O)c1ccccc1)[N+](=O)[O-]. The second-order valence-corrected chi connectivity index (χ2v) is 4.70. The van der Waals surface area contributed by atoms with E-state index in [9.17, 15) is 39.5 Å². The molecule has 0 bridgehead atoms. The lowest BCUT2D eigenvalue weighted by Crippen LogP contribution is -2.72. The van der Waals surface area contributed by atoms with Crippen LogP contribution in [0.2, 0.25) is 0 Å². The fourth-order valence-electron chi connectivity index (χ4n) is 2.15. The van der Waals surface area contributed by atoms with E-state index in [-0.39, 0.29) is 0 Å². The first-order chi connectivity index (χ1) is 11.0. The number of carboxylic acids is 3. The van der Waals surface area contributed by atoms with Gasteiger partial charge in [-0.1, -0.05) is 30.3 Å². The molecule has 1 rings (SSSR count). The third-order valence-electron chi connectivity index (χ3n) is 3.31. The van der Waals surface area contributed by atoms with Gasteiger partial charge in [0.15, 0.2) is 0 Å². The van der Waals surface area contributed by atoms with Gasteiger partial charge < -0.3 is 20.4 Å². The van der Waals surface area contributed by atoms with Crippen molar-refractivity contribution in [3.63, 3.8) is 0 Å². The van der Waals surface area contributed by atoms with Crippen LogP contribution >= 0.6 is 0 Å². The van der Waals surface area contributed by atoms with Gasteiger partial charge in [0, 0.05) is 5.56 Å². The zero-order chi connectivity index (χ0) is 18.7. The Kier molecular flexibility index (Phi) is 5.00. The fourth-order valence-corrected chi connectivity index (χ4v) is 2.15. The Hall–Kier alpha value is -3.34. The minimum Gasteiger partial charge on any atom is -0.481 e. The smallest absolute Gasteiger partial charge is 0.416 e. The monoisotopic (exact) mass is 341 g/mol. The van der Waals surface area contributed by atoms with E-state index in [0.717, 1.165) is 12.1 Å². The molecule has 1 aromatic rings. The number of hydrogen-bond acceptors (Lipinski definition) is 7. The van der Waals surface area contributed by atoms with Crippen LogP contribution in [0.15, 0.2) is 30.3 Å². The minimum absolute atomic E-state index is 0.582. The van der Waals surface area contributed by atoms with Gasteiger partial charge in [0.05, 0.1) is 11.3 Å². The van der Waals surface area contributed by atoms with Crippen molar-refractivity contribution in [2.75, 3.05) is 0 Å². The number of benzene rings is 1. The first-order valence-corrected chi connectivity index (χ1v) is 6.17. The molecule has 0 radical (unpaired) electrons. The van der Waals surface area contributed by atoms with Gasteiger partial charge in [0.25, 0.3) is 11.4 Å². The van der Waals surface area contributed by atoms with E-state index < -0.39 is 51.7 Å². The summed E-state index contributed by atoms with van der Waals surface area (Å²) in [7, 11) is 0. The second-order valence-electron chi connectivity index (χ2n) is 4.70. The third kappa shape index (κ3) is 2.67. The summed E-state index contributed by atoms with van der Waals surface area (Å²) in [6.07, 6.45) is -1.88. The molecular formula is C13H11NO10. The predicted octanol–water partition coefficient (Wildman–Crippen LogP) is -0.740. The molecule has 2 atom stereocenters. The van der Waals surface area contributed by atoms with E-state index in [0.29, 0.717) is 0 Å². The zero-order valence-corrected chi connectivity index (χ0v) is 11.8. The molecule has 0 saturated heterocycles. The lowest BCUT2D eigenvalue weighted by Gasteiger charge is -2.31. The molecule has 0 heterocycles. The molecule has 0 fully saturated rings. The van der Waals surface area contributed by atoms with Crippen molar-refractivity contribution in [1.82, 2.24) is 0 Å². The molecule has 0 saturated carbocycles. The van der Waals surface area contributed by atoms with E-state index >= 15 is 0 Å². The highest BCUT2D eigenvalue weighted by Gasteiger charge is 2.77. The molecule has 0 amide bonds. The number of carbonyl (C=O) groups excluding carboxylic acids is 1. The predicted molar refractivity (Wildman–Crippen MR) is 73.0 cm³/mol. The van der Waals surface area contributed by atoms with Gasteiger partial charge in [0.1, 0.15) is 0 Å². The number of ketones is 1. The molecule has 0 aliphatic rings. The van der Waals surface area contributed by atoms with Crippen LogP contribution in [0, 0.1) is 10.1 Å². The molecule has 0 aliphatic heterocycles. The lowest BCUT2D eigenvalue weighted by atomic mass is 9.72. The summed E-state index contributed by atoms with van der Waals surface area (Å²) in [6.45, 7) is 0. The van der Waals surface area contributed by atoms with Crippen LogP contribution < -0.4 is 0 Å². The number of carbonyl (C=O) groups is 4. The molecule has 11 nitrogen and oxygen atoms in total. The van der Waals surface area contributed by atoms with Gasteiger partial charge in [0.2, 0.25) is 0 Å². The lowest BCUT2D eigenvalue weighted by molar-refractivity contribution is -0.555. The standard InChI is InChI=1S/C13H11NO10/c15-8(16)6-12(22,10(18)19)13(11(20)21,14(23)24)9(17)7-4-2-1-3-5-7/h1-5,22H,6H2,(H,15,16)(H,18,19)(H,20,21). The van der Waals surface area contributed by atoms with Crippen LogP contribution in [0.5, 0.6) is 0 Å². The summed E-state index contributed by atoms with van der Waals surface area (Å²) in [5, 5.41) is 48.6. The largest absolute Gasteiger partial charge is 0.481 e.